The van der Waals surface area contributed by atoms with Gasteiger partial charge in [-0.3, -0.25) is 0 Å². The maximum absolute atomic E-state index is 9.66. The first kappa shape index (κ1) is 24.2. The summed E-state index contributed by atoms with van der Waals surface area (Å²) in [7, 11) is 4.11. The quantitative estimate of drug-likeness (QED) is 0.449. The molecule has 3 aromatic rings. The number of hydrogen-bond acceptors (Lipinski definition) is 4. The van der Waals surface area contributed by atoms with Gasteiger partial charge in [-0.15, -0.1) is 0 Å². The Balaban J connectivity index is 0.000000614. The van der Waals surface area contributed by atoms with E-state index in [0.717, 1.165) is 40.8 Å². The third-order valence-corrected chi connectivity index (χ3v) is 4.95. The Hall–Kier alpha value is -3.08. The summed E-state index contributed by atoms with van der Waals surface area (Å²) < 4.78 is 0. The van der Waals surface area contributed by atoms with E-state index in [1.165, 1.54) is 0 Å². The van der Waals surface area contributed by atoms with Gasteiger partial charge in [0.05, 0.1) is 0 Å². The molecule has 164 valence electrons. The molecule has 0 aliphatic carbocycles. The van der Waals surface area contributed by atoms with E-state index in [-0.39, 0.29) is 18.1 Å². The second kappa shape index (κ2) is 12.6. The monoisotopic (exact) mass is 419 g/mol. The van der Waals surface area contributed by atoms with Crippen LogP contribution in [-0.4, -0.2) is 47.5 Å². The highest BCUT2D eigenvalue weighted by Crippen LogP contribution is 2.36. The van der Waals surface area contributed by atoms with Crippen LogP contribution in [0.4, 0.5) is 0 Å². The number of nitrogens with zero attached hydrogens (tertiary/aromatic N) is 1. The zero-order valence-corrected chi connectivity index (χ0v) is 18.6. The normalized spacial score (nSPS) is 10.4. The molecule has 0 heterocycles. The minimum absolute atomic E-state index is 0.120. The summed E-state index contributed by atoms with van der Waals surface area (Å²) in [6.07, 6.45) is 1.38. The van der Waals surface area contributed by atoms with E-state index in [4.69, 9.17) is 0 Å². The second-order valence-corrected chi connectivity index (χ2v) is 7.54. The van der Waals surface area contributed by atoms with Gasteiger partial charge >= 0.3 is 0 Å². The first-order chi connectivity index (χ1) is 15.0. The van der Waals surface area contributed by atoms with E-state index in [0.29, 0.717) is 6.42 Å². The summed E-state index contributed by atoms with van der Waals surface area (Å²) in [5.74, 6) is 0.436. The van der Waals surface area contributed by atoms with Crippen LogP contribution in [0.5, 0.6) is 11.5 Å². The summed E-state index contributed by atoms with van der Waals surface area (Å²) in [5.41, 5.74) is 5.20. The second-order valence-electron chi connectivity index (χ2n) is 7.54. The molecule has 3 aromatic carbocycles. The molecule has 31 heavy (non-hydrogen) atoms. The topological polar surface area (TPSA) is 63.9 Å². The Morgan fingerprint density at radius 1 is 0.710 bits per heavy atom. The van der Waals surface area contributed by atoms with Gasteiger partial charge in [0, 0.05) is 6.61 Å². The Labute approximate surface area is 185 Å². The van der Waals surface area contributed by atoms with Crippen LogP contribution >= 0.6 is 0 Å². The minimum atomic E-state index is 0.120. The average molecular weight is 420 g/mol. The summed E-state index contributed by atoms with van der Waals surface area (Å²) in [4.78, 5) is 2.12. The van der Waals surface area contributed by atoms with Gasteiger partial charge in [-0.05, 0) is 85.6 Å². The zero-order chi connectivity index (χ0) is 22.6. The SMILES string of the molecule is CCN(C)C.OCCCC(=C(c1ccc(O)cc1)c1ccc(O)cc1)c1ccccc1. The highest BCUT2D eigenvalue weighted by Gasteiger charge is 2.14. The van der Waals surface area contributed by atoms with Gasteiger partial charge in [0.1, 0.15) is 11.5 Å². The molecule has 0 radical (unpaired) electrons. The molecule has 0 unspecified atom stereocenters. The number of aliphatic hydroxyl groups is 1. The fourth-order valence-corrected chi connectivity index (χ4v) is 3.08. The van der Waals surface area contributed by atoms with Crippen molar-refractivity contribution >= 4 is 11.1 Å². The van der Waals surface area contributed by atoms with Crippen LogP contribution in [-0.2, 0) is 0 Å². The zero-order valence-electron chi connectivity index (χ0n) is 18.6. The lowest BCUT2D eigenvalue weighted by atomic mass is 9.87. The van der Waals surface area contributed by atoms with Gasteiger partial charge in [0.25, 0.3) is 0 Å². The van der Waals surface area contributed by atoms with E-state index in [1.54, 1.807) is 24.3 Å². The van der Waals surface area contributed by atoms with Crippen molar-refractivity contribution in [2.75, 3.05) is 27.2 Å². The van der Waals surface area contributed by atoms with Crippen molar-refractivity contribution in [2.24, 2.45) is 0 Å². The molecule has 0 saturated carbocycles. The highest BCUT2D eigenvalue weighted by atomic mass is 16.3. The molecule has 0 atom stereocenters. The van der Waals surface area contributed by atoms with E-state index in [1.807, 2.05) is 42.5 Å². The van der Waals surface area contributed by atoms with Crippen LogP contribution < -0.4 is 0 Å². The van der Waals surface area contributed by atoms with Crippen LogP contribution in [0, 0.1) is 0 Å². The summed E-state index contributed by atoms with van der Waals surface area (Å²) in [6, 6.07) is 24.3. The molecule has 0 aliphatic rings. The molecule has 0 fully saturated rings. The summed E-state index contributed by atoms with van der Waals surface area (Å²) in [5, 5.41) is 28.7. The number of rotatable bonds is 7. The van der Waals surface area contributed by atoms with E-state index in [2.05, 4.69) is 38.1 Å². The van der Waals surface area contributed by atoms with Crippen molar-refractivity contribution < 1.29 is 15.3 Å². The number of allylic oxidation sites excluding steroid dienone is 1. The summed E-state index contributed by atoms with van der Waals surface area (Å²) in [6.45, 7) is 3.38. The smallest absolute Gasteiger partial charge is 0.115 e. The third kappa shape index (κ3) is 7.59. The van der Waals surface area contributed by atoms with Crippen molar-refractivity contribution in [3.63, 3.8) is 0 Å². The first-order valence-corrected chi connectivity index (χ1v) is 10.6. The fraction of sp³-hybridized carbons (Fsp3) is 0.259. The fourth-order valence-electron chi connectivity index (χ4n) is 3.08. The van der Waals surface area contributed by atoms with Crippen LogP contribution in [0.2, 0.25) is 0 Å². The molecule has 3 N–H and O–H groups in total. The lowest BCUT2D eigenvalue weighted by Gasteiger charge is -2.17. The van der Waals surface area contributed by atoms with Gasteiger partial charge < -0.3 is 20.2 Å². The average Bonchev–Trinajstić information content (AvgIpc) is 2.79. The predicted molar refractivity (Wildman–Crippen MR) is 129 cm³/mol. The number of aromatic hydroxyl groups is 2. The third-order valence-electron chi connectivity index (χ3n) is 4.95. The molecule has 0 amide bonds. The lowest BCUT2D eigenvalue weighted by molar-refractivity contribution is 0.290. The van der Waals surface area contributed by atoms with E-state index < -0.39 is 0 Å². The van der Waals surface area contributed by atoms with Gasteiger partial charge in [-0.1, -0.05) is 61.5 Å². The number of phenolic OH excluding ortho intramolecular Hbond substituents is 2. The van der Waals surface area contributed by atoms with Crippen molar-refractivity contribution in [1.82, 2.24) is 4.90 Å². The Kier molecular flexibility index (Phi) is 9.82. The van der Waals surface area contributed by atoms with Crippen LogP contribution in [0.1, 0.15) is 36.5 Å². The number of benzene rings is 3. The number of phenols is 2. The Bertz CT molecular complexity index is 883. The van der Waals surface area contributed by atoms with Gasteiger partial charge in [0.2, 0.25) is 0 Å². The van der Waals surface area contributed by atoms with Gasteiger partial charge in [0.15, 0.2) is 0 Å². The van der Waals surface area contributed by atoms with Crippen LogP contribution in [0.3, 0.4) is 0 Å². The van der Waals surface area contributed by atoms with Crippen LogP contribution in [0.25, 0.3) is 11.1 Å². The molecule has 0 aliphatic heterocycles. The van der Waals surface area contributed by atoms with Crippen molar-refractivity contribution in [3.8, 4) is 11.5 Å². The molecule has 0 spiro atoms. The van der Waals surface area contributed by atoms with Crippen molar-refractivity contribution in [3.05, 3.63) is 95.6 Å². The molecule has 3 rings (SSSR count). The van der Waals surface area contributed by atoms with E-state index in [9.17, 15) is 15.3 Å². The Morgan fingerprint density at radius 2 is 1.16 bits per heavy atom. The van der Waals surface area contributed by atoms with Crippen molar-refractivity contribution in [2.45, 2.75) is 19.8 Å². The number of aliphatic hydroxyl groups excluding tert-OH is 1. The molecule has 4 nitrogen and oxygen atoms in total. The molecule has 0 aromatic heterocycles. The highest BCUT2D eigenvalue weighted by molar-refractivity contribution is 5.98. The van der Waals surface area contributed by atoms with Crippen molar-refractivity contribution in [1.29, 1.82) is 0 Å². The van der Waals surface area contributed by atoms with Crippen LogP contribution in [0.15, 0.2) is 78.9 Å². The molecule has 0 saturated heterocycles. The standard InChI is InChI=1S/C23H22O3.C4H11N/c24-16-4-7-22(17-5-2-1-3-6-17)23(18-8-12-20(25)13-9-18)19-10-14-21(26)15-11-19;1-4-5(2)3/h1-3,5-6,8-15,24-26H,4,7,16H2;4H2,1-3H3. The molecular weight excluding hydrogens is 386 g/mol. The maximum atomic E-state index is 9.66. The number of hydrogen-bond donors (Lipinski definition) is 3. The largest absolute Gasteiger partial charge is 0.508 e. The lowest BCUT2D eigenvalue weighted by Crippen LogP contribution is -2.08. The van der Waals surface area contributed by atoms with Gasteiger partial charge in [-0.25, -0.2) is 0 Å². The predicted octanol–water partition coefficient (Wildman–Crippen LogP) is 5.40. The maximum Gasteiger partial charge on any atom is 0.115 e. The molecular formula is C27H33NO3. The van der Waals surface area contributed by atoms with E-state index >= 15 is 0 Å². The van der Waals surface area contributed by atoms with Gasteiger partial charge in [-0.2, -0.15) is 0 Å². The first-order valence-electron chi connectivity index (χ1n) is 10.6. The molecule has 4 heteroatoms. The Morgan fingerprint density at radius 3 is 1.55 bits per heavy atom. The minimum Gasteiger partial charge on any atom is -0.508 e. The summed E-state index contributed by atoms with van der Waals surface area (Å²) >= 11 is 0. The molecule has 0 bridgehead atoms.